The fourth-order valence-electron chi connectivity index (χ4n) is 1.30. The molecule has 1 heterocycles. The summed E-state index contributed by atoms with van der Waals surface area (Å²) < 4.78 is 0. The molecular formula is C9H10N2O2. The average molecular weight is 178 g/mol. The van der Waals surface area contributed by atoms with E-state index in [1.807, 2.05) is 6.92 Å². The molecule has 1 fully saturated rings. The Morgan fingerprint density at radius 1 is 1.46 bits per heavy atom. The summed E-state index contributed by atoms with van der Waals surface area (Å²) in [4.78, 5) is 19.0. The van der Waals surface area contributed by atoms with Crippen molar-refractivity contribution in [1.29, 1.82) is 0 Å². The molecule has 1 saturated carbocycles. The van der Waals surface area contributed by atoms with Crippen LogP contribution in [0.1, 0.15) is 24.2 Å². The molecule has 0 saturated heterocycles. The normalized spacial score (nSPS) is 18.2. The van der Waals surface area contributed by atoms with Gasteiger partial charge in [-0.3, -0.25) is 4.79 Å². The van der Waals surface area contributed by atoms with Crippen LogP contribution in [-0.4, -0.2) is 21.0 Å². The Labute approximate surface area is 75.6 Å². The highest BCUT2D eigenvalue weighted by Crippen LogP contribution is 2.46. The Bertz CT molecular complexity index is 341. The predicted molar refractivity (Wildman–Crippen MR) is 45.3 cm³/mol. The first-order valence-corrected chi connectivity index (χ1v) is 4.18. The van der Waals surface area contributed by atoms with Crippen LogP contribution in [-0.2, 0) is 10.2 Å². The number of aryl methyl sites for hydroxylation is 1. The van der Waals surface area contributed by atoms with Gasteiger partial charge >= 0.3 is 5.97 Å². The summed E-state index contributed by atoms with van der Waals surface area (Å²) in [6.45, 7) is 1.88. The fourth-order valence-corrected chi connectivity index (χ4v) is 1.30. The number of nitrogens with zero attached hydrogens (tertiary/aromatic N) is 2. The quantitative estimate of drug-likeness (QED) is 0.730. The summed E-state index contributed by atoms with van der Waals surface area (Å²) in [6, 6.07) is 0. The van der Waals surface area contributed by atoms with E-state index in [0.717, 1.165) is 5.56 Å². The number of aliphatic carboxylic acids is 1. The molecule has 0 bridgehead atoms. The van der Waals surface area contributed by atoms with Gasteiger partial charge in [-0.05, 0) is 25.3 Å². The van der Waals surface area contributed by atoms with Gasteiger partial charge in [-0.25, -0.2) is 9.97 Å². The average Bonchev–Trinajstić information content (AvgIpc) is 2.86. The molecule has 13 heavy (non-hydrogen) atoms. The molecule has 0 aromatic carbocycles. The molecule has 0 atom stereocenters. The molecular weight excluding hydrogens is 168 g/mol. The molecule has 1 N–H and O–H groups in total. The molecule has 1 aromatic heterocycles. The summed E-state index contributed by atoms with van der Waals surface area (Å²) in [5.41, 5.74) is 0.179. The van der Waals surface area contributed by atoms with Crippen molar-refractivity contribution in [3.05, 3.63) is 23.8 Å². The first kappa shape index (κ1) is 8.16. The van der Waals surface area contributed by atoms with E-state index in [1.165, 1.54) is 0 Å². The number of carbonyl (C=O) groups is 1. The Hall–Kier alpha value is -1.45. The highest BCUT2D eigenvalue weighted by atomic mass is 16.4. The van der Waals surface area contributed by atoms with Crippen molar-refractivity contribution >= 4 is 5.97 Å². The van der Waals surface area contributed by atoms with Crippen molar-refractivity contribution in [2.75, 3.05) is 0 Å². The standard InChI is InChI=1S/C9H10N2O2/c1-6-4-10-7(11-5-6)9(2-3-9)8(12)13/h4-5H,2-3H2,1H3,(H,12,13). The Morgan fingerprint density at radius 3 is 2.38 bits per heavy atom. The second-order valence-corrected chi connectivity index (χ2v) is 3.47. The molecule has 0 spiro atoms. The third kappa shape index (κ3) is 1.18. The van der Waals surface area contributed by atoms with Crippen LogP contribution >= 0.6 is 0 Å². The number of carboxylic acids is 1. The molecule has 0 unspecified atom stereocenters. The fraction of sp³-hybridized carbons (Fsp3) is 0.444. The van der Waals surface area contributed by atoms with Crippen molar-refractivity contribution in [3.8, 4) is 0 Å². The van der Waals surface area contributed by atoms with E-state index in [1.54, 1.807) is 12.4 Å². The minimum atomic E-state index is -0.809. The molecule has 1 aromatic rings. The zero-order valence-corrected chi connectivity index (χ0v) is 7.32. The van der Waals surface area contributed by atoms with Crippen LogP contribution in [0.5, 0.6) is 0 Å². The van der Waals surface area contributed by atoms with Crippen molar-refractivity contribution in [2.24, 2.45) is 0 Å². The topological polar surface area (TPSA) is 63.1 Å². The maximum absolute atomic E-state index is 10.9. The second kappa shape index (κ2) is 2.52. The van der Waals surface area contributed by atoms with Gasteiger partial charge in [-0.15, -0.1) is 0 Å². The van der Waals surface area contributed by atoms with E-state index in [9.17, 15) is 4.79 Å². The molecule has 0 amide bonds. The van der Waals surface area contributed by atoms with E-state index in [4.69, 9.17) is 5.11 Å². The van der Waals surface area contributed by atoms with E-state index in [2.05, 4.69) is 9.97 Å². The molecule has 68 valence electrons. The molecule has 4 nitrogen and oxygen atoms in total. The van der Waals surface area contributed by atoms with E-state index >= 15 is 0 Å². The van der Waals surface area contributed by atoms with Crippen LogP contribution in [0.25, 0.3) is 0 Å². The predicted octanol–water partition coefficient (Wildman–Crippen LogP) is 0.901. The van der Waals surface area contributed by atoms with Gasteiger partial charge in [-0.2, -0.15) is 0 Å². The van der Waals surface area contributed by atoms with Crippen molar-refractivity contribution < 1.29 is 9.90 Å². The highest BCUT2D eigenvalue weighted by molar-refractivity contribution is 5.83. The van der Waals surface area contributed by atoms with Gasteiger partial charge in [-0.1, -0.05) is 0 Å². The number of hydrogen-bond acceptors (Lipinski definition) is 3. The van der Waals surface area contributed by atoms with Gasteiger partial charge in [0.2, 0.25) is 0 Å². The van der Waals surface area contributed by atoms with Crippen LogP contribution < -0.4 is 0 Å². The summed E-state index contributed by atoms with van der Waals surface area (Å²) >= 11 is 0. The third-order valence-corrected chi connectivity index (χ3v) is 2.37. The van der Waals surface area contributed by atoms with Gasteiger partial charge in [0.05, 0.1) is 0 Å². The first-order valence-electron chi connectivity index (χ1n) is 4.18. The maximum Gasteiger partial charge on any atom is 0.317 e. The van der Waals surface area contributed by atoms with Crippen LogP contribution in [0, 0.1) is 6.92 Å². The minimum absolute atomic E-state index is 0.450. The largest absolute Gasteiger partial charge is 0.480 e. The molecule has 4 heteroatoms. The maximum atomic E-state index is 10.9. The molecule has 1 aliphatic rings. The lowest BCUT2D eigenvalue weighted by Gasteiger charge is -2.06. The lowest BCUT2D eigenvalue weighted by Crippen LogP contribution is -2.22. The summed E-state index contributed by atoms with van der Waals surface area (Å²) in [7, 11) is 0. The van der Waals surface area contributed by atoms with E-state index in [0.29, 0.717) is 18.7 Å². The molecule has 0 radical (unpaired) electrons. The van der Waals surface area contributed by atoms with Crippen LogP contribution in [0.4, 0.5) is 0 Å². The zero-order chi connectivity index (χ0) is 9.47. The number of carboxylic acid groups (broad SMARTS) is 1. The summed E-state index contributed by atoms with van der Waals surface area (Å²) in [5.74, 6) is -0.359. The second-order valence-electron chi connectivity index (χ2n) is 3.47. The number of aromatic nitrogens is 2. The third-order valence-electron chi connectivity index (χ3n) is 2.37. The van der Waals surface area contributed by atoms with Crippen LogP contribution in [0.3, 0.4) is 0 Å². The molecule has 2 rings (SSSR count). The van der Waals surface area contributed by atoms with Gasteiger partial charge in [0.1, 0.15) is 11.2 Å². The SMILES string of the molecule is Cc1cnc(C2(C(=O)O)CC2)nc1. The van der Waals surface area contributed by atoms with Crippen LogP contribution in [0.15, 0.2) is 12.4 Å². The van der Waals surface area contributed by atoms with Gasteiger partial charge in [0, 0.05) is 12.4 Å². The lowest BCUT2D eigenvalue weighted by atomic mass is 10.1. The number of rotatable bonds is 2. The van der Waals surface area contributed by atoms with Gasteiger partial charge in [0.25, 0.3) is 0 Å². The van der Waals surface area contributed by atoms with Gasteiger partial charge < -0.3 is 5.11 Å². The smallest absolute Gasteiger partial charge is 0.317 e. The summed E-state index contributed by atoms with van der Waals surface area (Å²) in [5, 5.41) is 8.95. The van der Waals surface area contributed by atoms with Crippen LogP contribution in [0.2, 0.25) is 0 Å². The Balaban J connectivity index is 2.36. The van der Waals surface area contributed by atoms with Crippen molar-refractivity contribution in [2.45, 2.75) is 25.2 Å². The van der Waals surface area contributed by atoms with Gasteiger partial charge in [0.15, 0.2) is 0 Å². The highest BCUT2D eigenvalue weighted by Gasteiger charge is 2.54. The Kier molecular flexibility index (Phi) is 1.58. The number of hydrogen-bond donors (Lipinski definition) is 1. The molecule has 1 aliphatic carbocycles. The zero-order valence-electron chi connectivity index (χ0n) is 7.32. The molecule has 0 aliphatic heterocycles. The Morgan fingerprint density at radius 2 is 2.00 bits per heavy atom. The lowest BCUT2D eigenvalue weighted by molar-refractivity contribution is -0.140. The van der Waals surface area contributed by atoms with Crippen molar-refractivity contribution in [1.82, 2.24) is 9.97 Å². The van der Waals surface area contributed by atoms with Crippen molar-refractivity contribution in [3.63, 3.8) is 0 Å². The monoisotopic (exact) mass is 178 g/mol. The van der Waals surface area contributed by atoms with E-state index < -0.39 is 11.4 Å². The first-order chi connectivity index (χ1) is 6.15. The van der Waals surface area contributed by atoms with E-state index in [-0.39, 0.29) is 0 Å². The summed E-state index contributed by atoms with van der Waals surface area (Å²) in [6.07, 6.45) is 4.63. The minimum Gasteiger partial charge on any atom is -0.480 e.